The van der Waals surface area contributed by atoms with Gasteiger partial charge in [-0.1, -0.05) is 36.4 Å². The van der Waals surface area contributed by atoms with Gasteiger partial charge >= 0.3 is 5.63 Å². The zero-order valence-electron chi connectivity index (χ0n) is 14.4. The Morgan fingerprint density at radius 2 is 2.04 bits per heavy atom. The van der Waals surface area contributed by atoms with E-state index in [4.69, 9.17) is 4.42 Å². The van der Waals surface area contributed by atoms with Gasteiger partial charge in [0, 0.05) is 28.9 Å². The molecule has 3 heterocycles. The van der Waals surface area contributed by atoms with Crippen molar-refractivity contribution >= 4 is 33.1 Å². The van der Waals surface area contributed by atoms with E-state index in [0.717, 1.165) is 29.4 Å². The summed E-state index contributed by atoms with van der Waals surface area (Å²) < 4.78 is 5.50. The molecule has 0 unspecified atom stereocenters. The lowest BCUT2D eigenvalue weighted by Gasteiger charge is -2.24. The van der Waals surface area contributed by atoms with Crippen molar-refractivity contribution in [2.45, 2.75) is 25.4 Å². The Morgan fingerprint density at radius 3 is 2.92 bits per heavy atom. The number of fused-ring (bicyclic) bond motifs is 3. The molecule has 4 heteroatoms. The summed E-state index contributed by atoms with van der Waals surface area (Å²) in [5.41, 5.74) is 1.48. The average Bonchev–Trinajstić information content (AvgIpc) is 3.32. The Hall–Kier alpha value is -2.43. The van der Waals surface area contributed by atoms with Gasteiger partial charge in [0.1, 0.15) is 5.58 Å². The fourth-order valence-electron chi connectivity index (χ4n) is 4.18. The van der Waals surface area contributed by atoms with Crippen LogP contribution in [-0.4, -0.2) is 11.4 Å². The summed E-state index contributed by atoms with van der Waals surface area (Å²) in [4.78, 5) is 16.1. The van der Waals surface area contributed by atoms with E-state index < -0.39 is 0 Å². The minimum absolute atomic E-state index is 0.269. The molecule has 3 nitrogen and oxygen atoms in total. The molecule has 2 aromatic carbocycles. The van der Waals surface area contributed by atoms with Gasteiger partial charge in [-0.05, 0) is 53.2 Å². The lowest BCUT2D eigenvalue weighted by molar-refractivity contribution is 0.252. The van der Waals surface area contributed by atoms with Crippen molar-refractivity contribution in [1.29, 1.82) is 0 Å². The van der Waals surface area contributed by atoms with Gasteiger partial charge < -0.3 is 4.42 Å². The molecule has 1 atom stereocenters. The predicted octanol–water partition coefficient (Wildman–Crippen LogP) is 5.34. The quantitative estimate of drug-likeness (QED) is 0.364. The molecule has 1 fully saturated rings. The molecule has 0 bridgehead atoms. The molecule has 130 valence electrons. The second-order valence-corrected chi connectivity index (χ2v) is 7.87. The number of rotatable bonds is 3. The minimum Gasteiger partial charge on any atom is -0.423 e. The standard InChI is InChI=1S/C22H19NO2S/c24-21-13-16(14-23-11-3-7-18(23)20-8-4-12-26-20)22-17-6-2-1-5-15(17)9-10-19(22)25-21/h1-2,4-6,8-10,12-13,18H,3,7,11,14H2/t18-/m1/s1. The van der Waals surface area contributed by atoms with Crippen molar-refractivity contribution in [2.24, 2.45) is 0 Å². The van der Waals surface area contributed by atoms with Gasteiger partial charge in [0.25, 0.3) is 0 Å². The van der Waals surface area contributed by atoms with E-state index in [2.05, 4.69) is 34.5 Å². The first-order chi connectivity index (χ1) is 12.8. The summed E-state index contributed by atoms with van der Waals surface area (Å²) in [5.74, 6) is 0. The van der Waals surface area contributed by atoms with Crippen molar-refractivity contribution in [2.75, 3.05) is 6.54 Å². The number of benzene rings is 2. The highest BCUT2D eigenvalue weighted by molar-refractivity contribution is 7.10. The van der Waals surface area contributed by atoms with Crippen molar-refractivity contribution in [1.82, 2.24) is 4.90 Å². The first-order valence-electron chi connectivity index (χ1n) is 9.01. The van der Waals surface area contributed by atoms with Gasteiger partial charge in [0.15, 0.2) is 0 Å². The van der Waals surface area contributed by atoms with Crippen LogP contribution in [-0.2, 0) is 6.54 Å². The summed E-state index contributed by atoms with van der Waals surface area (Å²) in [6, 6.07) is 18.7. The largest absolute Gasteiger partial charge is 0.423 e. The molecular weight excluding hydrogens is 342 g/mol. The van der Waals surface area contributed by atoms with Crippen LogP contribution < -0.4 is 5.63 Å². The molecule has 1 aliphatic rings. The van der Waals surface area contributed by atoms with Crippen LogP contribution in [0.5, 0.6) is 0 Å². The molecule has 0 N–H and O–H groups in total. The van der Waals surface area contributed by atoms with Crippen LogP contribution >= 0.6 is 11.3 Å². The summed E-state index contributed by atoms with van der Waals surface area (Å²) >= 11 is 1.82. The number of likely N-dealkylation sites (tertiary alicyclic amines) is 1. The molecule has 0 spiro atoms. The molecule has 0 aliphatic carbocycles. The van der Waals surface area contributed by atoms with E-state index in [1.54, 1.807) is 6.07 Å². The molecule has 4 aromatic rings. The summed E-state index contributed by atoms with van der Waals surface area (Å²) in [6.45, 7) is 1.84. The third kappa shape index (κ3) is 2.66. The molecule has 0 amide bonds. The molecule has 1 saturated heterocycles. The first-order valence-corrected chi connectivity index (χ1v) is 9.89. The third-order valence-electron chi connectivity index (χ3n) is 5.32. The second-order valence-electron chi connectivity index (χ2n) is 6.89. The van der Waals surface area contributed by atoms with Gasteiger partial charge in [0.2, 0.25) is 0 Å². The monoisotopic (exact) mass is 361 g/mol. The van der Waals surface area contributed by atoms with Crippen molar-refractivity contribution in [3.63, 3.8) is 0 Å². The van der Waals surface area contributed by atoms with Crippen LogP contribution in [0, 0.1) is 0 Å². The van der Waals surface area contributed by atoms with Crippen LogP contribution in [0.15, 0.2) is 69.2 Å². The van der Waals surface area contributed by atoms with Gasteiger partial charge in [-0.2, -0.15) is 0 Å². The van der Waals surface area contributed by atoms with Crippen LogP contribution in [0.1, 0.15) is 29.3 Å². The number of nitrogens with zero attached hydrogens (tertiary/aromatic N) is 1. The van der Waals surface area contributed by atoms with Gasteiger partial charge in [-0.3, -0.25) is 4.90 Å². The molecule has 0 saturated carbocycles. The summed E-state index contributed by atoms with van der Waals surface area (Å²) in [5, 5.41) is 5.53. The fourth-order valence-corrected chi connectivity index (χ4v) is 5.08. The lowest BCUT2D eigenvalue weighted by atomic mass is 10.0. The van der Waals surface area contributed by atoms with Crippen LogP contribution in [0.25, 0.3) is 21.7 Å². The number of hydrogen-bond donors (Lipinski definition) is 0. The highest BCUT2D eigenvalue weighted by Gasteiger charge is 2.27. The molecule has 0 radical (unpaired) electrons. The maximum atomic E-state index is 12.1. The summed E-state index contributed by atoms with van der Waals surface area (Å²) in [6.07, 6.45) is 2.38. The molecule has 26 heavy (non-hydrogen) atoms. The Morgan fingerprint density at radius 1 is 1.12 bits per heavy atom. The zero-order valence-corrected chi connectivity index (χ0v) is 15.2. The summed E-state index contributed by atoms with van der Waals surface area (Å²) in [7, 11) is 0. The van der Waals surface area contributed by atoms with E-state index in [-0.39, 0.29) is 5.63 Å². The van der Waals surface area contributed by atoms with E-state index in [0.29, 0.717) is 11.6 Å². The molecule has 5 rings (SSSR count). The molecular formula is C22H19NO2S. The van der Waals surface area contributed by atoms with E-state index >= 15 is 0 Å². The van der Waals surface area contributed by atoms with Gasteiger partial charge in [-0.25, -0.2) is 4.79 Å². The van der Waals surface area contributed by atoms with Crippen molar-refractivity contribution < 1.29 is 4.42 Å². The van der Waals surface area contributed by atoms with E-state index in [1.807, 2.05) is 35.6 Å². The van der Waals surface area contributed by atoms with Gasteiger partial charge in [-0.15, -0.1) is 11.3 Å². The van der Waals surface area contributed by atoms with Crippen LogP contribution in [0.4, 0.5) is 0 Å². The lowest BCUT2D eigenvalue weighted by Crippen LogP contribution is -2.23. The third-order valence-corrected chi connectivity index (χ3v) is 6.30. The normalized spacial score (nSPS) is 18.1. The zero-order chi connectivity index (χ0) is 17.5. The fraction of sp³-hybridized carbons (Fsp3) is 0.227. The van der Waals surface area contributed by atoms with E-state index in [9.17, 15) is 4.79 Å². The van der Waals surface area contributed by atoms with Gasteiger partial charge in [0.05, 0.1) is 0 Å². The maximum Gasteiger partial charge on any atom is 0.336 e. The highest BCUT2D eigenvalue weighted by Crippen LogP contribution is 2.37. The Balaban J connectivity index is 1.64. The Kier molecular flexibility index (Phi) is 3.88. The van der Waals surface area contributed by atoms with Crippen LogP contribution in [0.2, 0.25) is 0 Å². The van der Waals surface area contributed by atoms with Crippen molar-refractivity contribution in [3.8, 4) is 0 Å². The SMILES string of the molecule is O=c1cc(CN2CCC[C@@H]2c2cccs2)c2c(ccc3ccccc32)o1. The number of thiophene rings is 1. The first kappa shape index (κ1) is 15.8. The van der Waals surface area contributed by atoms with E-state index in [1.165, 1.54) is 23.1 Å². The van der Waals surface area contributed by atoms with Crippen LogP contribution in [0.3, 0.4) is 0 Å². The topological polar surface area (TPSA) is 33.5 Å². The van der Waals surface area contributed by atoms with Crippen molar-refractivity contribution in [3.05, 3.63) is 80.8 Å². The Labute approximate surface area is 155 Å². The molecule has 1 aliphatic heterocycles. The predicted molar refractivity (Wildman–Crippen MR) is 107 cm³/mol. The smallest absolute Gasteiger partial charge is 0.336 e. The maximum absolute atomic E-state index is 12.1. The second kappa shape index (κ2) is 6.38. The average molecular weight is 361 g/mol. The number of hydrogen-bond acceptors (Lipinski definition) is 4. The Bertz CT molecular complexity index is 1130. The highest BCUT2D eigenvalue weighted by atomic mass is 32.1. The molecule has 2 aromatic heterocycles. The minimum atomic E-state index is -0.269.